The lowest BCUT2D eigenvalue weighted by Gasteiger charge is -2.27. The number of hydrogen-bond acceptors (Lipinski definition) is 3. The Morgan fingerprint density at radius 2 is 2.18 bits per heavy atom. The number of amides is 1. The summed E-state index contributed by atoms with van der Waals surface area (Å²) in [7, 11) is 0. The Morgan fingerprint density at radius 3 is 2.88 bits per heavy atom. The van der Waals surface area contributed by atoms with Gasteiger partial charge in [0.25, 0.3) is 0 Å². The Kier molecular flexibility index (Phi) is 3.76. The van der Waals surface area contributed by atoms with Gasteiger partial charge in [-0.15, -0.1) is 0 Å². The smallest absolute Gasteiger partial charge is 0.238 e. The van der Waals surface area contributed by atoms with Crippen LogP contribution in [0.2, 0.25) is 0 Å². The van der Waals surface area contributed by atoms with E-state index >= 15 is 0 Å². The van der Waals surface area contributed by atoms with Crippen molar-refractivity contribution in [3.8, 4) is 0 Å². The van der Waals surface area contributed by atoms with Crippen LogP contribution in [0.15, 0.2) is 24.3 Å². The molecule has 0 aromatic heterocycles. The van der Waals surface area contributed by atoms with E-state index in [9.17, 15) is 9.90 Å². The molecule has 1 amide bonds. The fourth-order valence-corrected chi connectivity index (χ4v) is 2.19. The quantitative estimate of drug-likeness (QED) is 0.826. The van der Waals surface area contributed by atoms with Gasteiger partial charge in [0.1, 0.15) is 0 Å². The van der Waals surface area contributed by atoms with Gasteiger partial charge < -0.3 is 10.4 Å². The maximum absolute atomic E-state index is 11.8. The zero-order valence-corrected chi connectivity index (χ0v) is 10.0. The molecule has 17 heavy (non-hydrogen) atoms. The molecule has 0 radical (unpaired) electrons. The van der Waals surface area contributed by atoms with Crippen LogP contribution < -0.4 is 5.32 Å². The number of fused-ring (bicyclic) bond motifs is 1. The Balaban J connectivity index is 2.25. The number of para-hydroxylation sites is 1. The first-order valence-corrected chi connectivity index (χ1v) is 5.97. The third-order valence-electron chi connectivity index (χ3n) is 3.21. The number of aliphatic hydroxyl groups excluding tert-OH is 1. The molecule has 2 N–H and O–H groups in total. The van der Waals surface area contributed by atoms with Gasteiger partial charge in [0.05, 0.1) is 13.2 Å². The van der Waals surface area contributed by atoms with Crippen molar-refractivity contribution in [2.24, 2.45) is 0 Å². The maximum atomic E-state index is 11.8. The minimum atomic E-state index is -0.0122. The summed E-state index contributed by atoms with van der Waals surface area (Å²) in [6.45, 7) is 3.16. The number of carbonyl (C=O) groups is 1. The van der Waals surface area contributed by atoms with Gasteiger partial charge >= 0.3 is 0 Å². The number of nitrogens with zero attached hydrogens (tertiary/aromatic N) is 1. The first kappa shape index (κ1) is 12.1. The van der Waals surface area contributed by atoms with Crippen molar-refractivity contribution in [3.63, 3.8) is 0 Å². The summed E-state index contributed by atoms with van der Waals surface area (Å²) in [5.41, 5.74) is 1.98. The second kappa shape index (κ2) is 5.29. The highest BCUT2D eigenvalue weighted by Crippen LogP contribution is 2.21. The molecule has 0 saturated heterocycles. The van der Waals surface area contributed by atoms with Crippen LogP contribution in [0, 0.1) is 0 Å². The highest BCUT2D eigenvalue weighted by Gasteiger charge is 2.23. The van der Waals surface area contributed by atoms with Crippen LogP contribution in [0.4, 0.5) is 5.69 Å². The molecule has 1 aliphatic heterocycles. The average molecular weight is 234 g/mol. The molecule has 1 aromatic rings. The zero-order chi connectivity index (χ0) is 12.3. The van der Waals surface area contributed by atoms with Gasteiger partial charge in [0, 0.05) is 18.3 Å². The Hall–Kier alpha value is -1.39. The molecule has 92 valence electrons. The highest BCUT2D eigenvalue weighted by molar-refractivity contribution is 5.93. The van der Waals surface area contributed by atoms with Gasteiger partial charge in [-0.3, -0.25) is 9.69 Å². The lowest BCUT2D eigenvalue weighted by Crippen LogP contribution is -2.40. The molecule has 4 heteroatoms. The fraction of sp³-hybridized carbons (Fsp3) is 0.462. The molecule has 1 heterocycles. The highest BCUT2D eigenvalue weighted by atomic mass is 16.3. The monoisotopic (exact) mass is 234 g/mol. The predicted molar refractivity (Wildman–Crippen MR) is 66.6 cm³/mol. The number of nitrogens with one attached hydrogen (secondary N) is 1. The molecular weight excluding hydrogens is 216 g/mol. The molecule has 1 aromatic carbocycles. The molecular formula is C13H18N2O2. The molecule has 1 aliphatic rings. The summed E-state index contributed by atoms with van der Waals surface area (Å²) in [5.74, 6) is -0.0122. The standard InChI is InChI=1S/C13H18N2O2/c1-2-11(9-16)15-7-10-5-3-4-6-12(10)14-13(17)8-15/h3-6,11,16H,2,7-9H2,1H3,(H,14,17). The predicted octanol–water partition coefficient (Wildman–Crippen LogP) is 1.21. The van der Waals surface area contributed by atoms with E-state index in [1.165, 1.54) is 0 Å². The van der Waals surface area contributed by atoms with E-state index in [-0.39, 0.29) is 18.6 Å². The average Bonchev–Trinajstić information content (AvgIpc) is 2.48. The largest absolute Gasteiger partial charge is 0.395 e. The van der Waals surface area contributed by atoms with Gasteiger partial charge in [0.15, 0.2) is 0 Å². The van der Waals surface area contributed by atoms with Crippen LogP contribution >= 0.6 is 0 Å². The van der Waals surface area contributed by atoms with Gasteiger partial charge in [-0.1, -0.05) is 25.1 Å². The summed E-state index contributed by atoms with van der Waals surface area (Å²) < 4.78 is 0. The van der Waals surface area contributed by atoms with Crippen molar-refractivity contribution < 1.29 is 9.90 Å². The molecule has 4 nitrogen and oxygen atoms in total. The fourth-order valence-electron chi connectivity index (χ4n) is 2.19. The SMILES string of the molecule is CCC(CO)N1CC(=O)Nc2ccccc2C1. The van der Waals surface area contributed by atoms with Crippen molar-refractivity contribution in [3.05, 3.63) is 29.8 Å². The molecule has 0 saturated carbocycles. The van der Waals surface area contributed by atoms with Gasteiger partial charge in [-0.2, -0.15) is 0 Å². The van der Waals surface area contributed by atoms with E-state index in [2.05, 4.69) is 5.32 Å². The van der Waals surface area contributed by atoms with Crippen molar-refractivity contribution in [1.29, 1.82) is 0 Å². The van der Waals surface area contributed by atoms with E-state index in [4.69, 9.17) is 0 Å². The minimum Gasteiger partial charge on any atom is -0.395 e. The van der Waals surface area contributed by atoms with Crippen molar-refractivity contribution >= 4 is 11.6 Å². The number of anilines is 1. The van der Waals surface area contributed by atoms with Crippen LogP contribution in [0.3, 0.4) is 0 Å². The zero-order valence-electron chi connectivity index (χ0n) is 10.0. The van der Waals surface area contributed by atoms with Crippen molar-refractivity contribution in [1.82, 2.24) is 4.90 Å². The lowest BCUT2D eigenvalue weighted by atomic mass is 10.1. The van der Waals surface area contributed by atoms with E-state index in [0.717, 1.165) is 17.7 Å². The molecule has 0 aliphatic carbocycles. The van der Waals surface area contributed by atoms with Crippen LogP contribution in [0.1, 0.15) is 18.9 Å². The Morgan fingerprint density at radius 1 is 1.41 bits per heavy atom. The summed E-state index contributed by atoms with van der Waals surface area (Å²) >= 11 is 0. The van der Waals surface area contributed by atoms with E-state index in [1.54, 1.807) is 0 Å². The number of aliphatic hydroxyl groups is 1. The normalized spacial score (nSPS) is 18.1. The number of hydrogen-bond donors (Lipinski definition) is 2. The summed E-state index contributed by atoms with van der Waals surface area (Å²) in [5, 5.41) is 12.2. The maximum Gasteiger partial charge on any atom is 0.238 e. The minimum absolute atomic E-state index is 0.0122. The van der Waals surface area contributed by atoms with Crippen LogP contribution in [0.5, 0.6) is 0 Å². The second-order valence-corrected chi connectivity index (χ2v) is 4.35. The van der Waals surface area contributed by atoms with Crippen molar-refractivity contribution in [2.45, 2.75) is 25.9 Å². The third kappa shape index (κ3) is 2.65. The van der Waals surface area contributed by atoms with E-state index in [0.29, 0.717) is 13.1 Å². The molecule has 2 rings (SSSR count). The number of benzene rings is 1. The summed E-state index contributed by atoms with van der Waals surface area (Å²) in [4.78, 5) is 13.8. The Bertz CT molecular complexity index is 402. The van der Waals surface area contributed by atoms with Gasteiger partial charge in [-0.25, -0.2) is 0 Å². The summed E-state index contributed by atoms with van der Waals surface area (Å²) in [6.07, 6.45) is 0.839. The first-order chi connectivity index (χ1) is 8.24. The van der Waals surface area contributed by atoms with Crippen LogP contribution in [-0.4, -0.2) is 35.1 Å². The molecule has 0 fully saturated rings. The second-order valence-electron chi connectivity index (χ2n) is 4.35. The topological polar surface area (TPSA) is 52.6 Å². The van der Waals surface area contributed by atoms with Crippen LogP contribution in [-0.2, 0) is 11.3 Å². The van der Waals surface area contributed by atoms with Crippen LogP contribution in [0.25, 0.3) is 0 Å². The first-order valence-electron chi connectivity index (χ1n) is 5.97. The third-order valence-corrected chi connectivity index (χ3v) is 3.21. The molecule has 0 bridgehead atoms. The lowest BCUT2D eigenvalue weighted by molar-refractivity contribution is -0.118. The Labute approximate surface area is 101 Å². The molecule has 0 spiro atoms. The number of carbonyl (C=O) groups excluding carboxylic acids is 1. The molecule has 1 unspecified atom stereocenters. The van der Waals surface area contributed by atoms with Gasteiger partial charge in [0.2, 0.25) is 5.91 Å². The van der Waals surface area contributed by atoms with E-state index in [1.807, 2.05) is 36.1 Å². The summed E-state index contributed by atoms with van der Waals surface area (Å²) in [6, 6.07) is 7.85. The molecule has 1 atom stereocenters. The number of rotatable bonds is 3. The van der Waals surface area contributed by atoms with Crippen molar-refractivity contribution in [2.75, 3.05) is 18.5 Å². The van der Waals surface area contributed by atoms with Gasteiger partial charge in [-0.05, 0) is 18.1 Å². The van der Waals surface area contributed by atoms with E-state index < -0.39 is 0 Å².